The van der Waals surface area contributed by atoms with E-state index in [0.717, 1.165) is 26.2 Å². The van der Waals surface area contributed by atoms with E-state index in [0.29, 0.717) is 12.1 Å². The average molecular weight is 228 g/mol. The molecule has 1 heterocycles. The van der Waals surface area contributed by atoms with Crippen molar-refractivity contribution in [1.29, 1.82) is 0 Å². The van der Waals surface area contributed by atoms with Crippen molar-refractivity contribution in [2.75, 3.05) is 33.3 Å². The molecular weight excluding hydrogens is 200 g/mol. The molecule has 0 saturated carbocycles. The minimum absolute atomic E-state index is 0.384. The third-order valence-corrected chi connectivity index (χ3v) is 3.25. The van der Waals surface area contributed by atoms with Crippen LogP contribution in [-0.4, -0.2) is 50.3 Å². The van der Waals surface area contributed by atoms with Crippen LogP contribution in [0.15, 0.2) is 0 Å². The zero-order valence-electron chi connectivity index (χ0n) is 11.2. The van der Waals surface area contributed by atoms with Gasteiger partial charge in [-0.2, -0.15) is 0 Å². The molecule has 0 spiro atoms. The summed E-state index contributed by atoms with van der Waals surface area (Å²) in [6.07, 6.45) is 5.49. The minimum atomic E-state index is 0.384. The van der Waals surface area contributed by atoms with E-state index in [9.17, 15) is 0 Å². The van der Waals surface area contributed by atoms with Crippen molar-refractivity contribution in [3.05, 3.63) is 0 Å². The molecule has 1 fully saturated rings. The van der Waals surface area contributed by atoms with Gasteiger partial charge in [-0.3, -0.25) is 0 Å². The smallest absolute Gasteiger partial charge is 0.0826 e. The molecule has 0 aromatic rings. The maximum Gasteiger partial charge on any atom is 0.0826 e. The van der Waals surface area contributed by atoms with Gasteiger partial charge in [0.25, 0.3) is 0 Å². The zero-order valence-corrected chi connectivity index (χ0v) is 11.2. The first-order valence-corrected chi connectivity index (χ1v) is 6.79. The lowest BCUT2D eigenvalue weighted by Gasteiger charge is -2.31. The van der Waals surface area contributed by atoms with Crippen molar-refractivity contribution in [2.24, 2.45) is 0 Å². The first-order valence-electron chi connectivity index (χ1n) is 6.79. The van der Waals surface area contributed by atoms with Gasteiger partial charge in [-0.15, -0.1) is 0 Å². The topological polar surface area (TPSA) is 24.5 Å². The number of nitrogens with one attached hydrogen (secondary N) is 1. The van der Waals surface area contributed by atoms with Crippen molar-refractivity contribution in [1.82, 2.24) is 10.2 Å². The Hall–Kier alpha value is -0.120. The quantitative estimate of drug-likeness (QED) is 0.720. The minimum Gasteiger partial charge on any atom is -0.374 e. The molecule has 0 bridgehead atoms. The summed E-state index contributed by atoms with van der Waals surface area (Å²) in [6, 6.07) is 0.686. The molecule has 0 radical (unpaired) electrons. The van der Waals surface area contributed by atoms with Gasteiger partial charge < -0.3 is 15.0 Å². The summed E-state index contributed by atoms with van der Waals surface area (Å²) in [5.74, 6) is 0. The summed E-state index contributed by atoms with van der Waals surface area (Å²) in [5, 5.41) is 3.66. The van der Waals surface area contributed by atoms with Crippen LogP contribution in [0.1, 0.15) is 39.5 Å². The van der Waals surface area contributed by atoms with Gasteiger partial charge in [0.05, 0.1) is 12.7 Å². The van der Waals surface area contributed by atoms with E-state index in [1.54, 1.807) is 0 Å². The maximum atomic E-state index is 5.75. The van der Waals surface area contributed by atoms with Crippen LogP contribution >= 0.6 is 0 Å². The van der Waals surface area contributed by atoms with Gasteiger partial charge in [-0.05, 0) is 19.9 Å². The van der Waals surface area contributed by atoms with Crippen LogP contribution in [0.2, 0.25) is 0 Å². The van der Waals surface area contributed by atoms with Gasteiger partial charge in [-0.1, -0.05) is 26.7 Å². The molecule has 16 heavy (non-hydrogen) atoms. The fourth-order valence-corrected chi connectivity index (χ4v) is 2.33. The fraction of sp³-hybridized carbons (Fsp3) is 1.00. The molecule has 1 saturated heterocycles. The lowest BCUT2D eigenvalue weighted by Crippen LogP contribution is -2.46. The van der Waals surface area contributed by atoms with Gasteiger partial charge in [-0.25, -0.2) is 0 Å². The van der Waals surface area contributed by atoms with E-state index in [-0.39, 0.29) is 0 Å². The van der Waals surface area contributed by atoms with Crippen molar-refractivity contribution < 1.29 is 4.74 Å². The Balaban J connectivity index is 2.19. The summed E-state index contributed by atoms with van der Waals surface area (Å²) in [5.41, 5.74) is 0. The van der Waals surface area contributed by atoms with E-state index in [1.165, 1.54) is 25.7 Å². The number of hydrogen-bond acceptors (Lipinski definition) is 3. The first-order chi connectivity index (χ1) is 7.76. The van der Waals surface area contributed by atoms with E-state index < -0.39 is 0 Å². The molecule has 3 heteroatoms. The van der Waals surface area contributed by atoms with E-state index in [2.05, 4.69) is 31.1 Å². The molecule has 1 atom stereocenters. The highest BCUT2D eigenvalue weighted by Crippen LogP contribution is 2.06. The SMILES string of the molecule is CCCC(CCC)NCC1CN(C)CCO1. The second-order valence-corrected chi connectivity index (χ2v) is 4.94. The lowest BCUT2D eigenvalue weighted by atomic mass is 10.1. The number of nitrogens with zero attached hydrogens (tertiary/aromatic N) is 1. The zero-order chi connectivity index (χ0) is 11.8. The Kier molecular flexibility index (Phi) is 7.01. The fourth-order valence-electron chi connectivity index (χ4n) is 2.33. The van der Waals surface area contributed by atoms with Gasteiger partial charge in [0, 0.05) is 25.7 Å². The average Bonchev–Trinajstić information content (AvgIpc) is 2.27. The molecule has 1 aliphatic heterocycles. The van der Waals surface area contributed by atoms with Gasteiger partial charge in [0.15, 0.2) is 0 Å². The highest BCUT2D eigenvalue weighted by Gasteiger charge is 2.18. The molecule has 0 aromatic carbocycles. The molecule has 0 aromatic heterocycles. The van der Waals surface area contributed by atoms with Crippen molar-refractivity contribution in [3.8, 4) is 0 Å². The van der Waals surface area contributed by atoms with Crippen LogP contribution in [0.5, 0.6) is 0 Å². The molecule has 0 aliphatic carbocycles. The van der Waals surface area contributed by atoms with Crippen LogP contribution < -0.4 is 5.32 Å². The summed E-state index contributed by atoms with van der Waals surface area (Å²) in [7, 11) is 2.17. The lowest BCUT2D eigenvalue weighted by molar-refractivity contribution is -0.0195. The van der Waals surface area contributed by atoms with Gasteiger partial charge in [0.2, 0.25) is 0 Å². The second kappa shape index (κ2) is 8.04. The highest BCUT2D eigenvalue weighted by atomic mass is 16.5. The third kappa shape index (κ3) is 5.28. The molecular formula is C13H28N2O. The number of rotatable bonds is 7. The van der Waals surface area contributed by atoms with Crippen LogP contribution in [-0.2, 0) is 4.74 Å². The van der Waals surface area contributed by atoms with Gasteiger partial charge >= 0.3 is 0 Å². The molecule has 3 nitrogen and oxygen atoms in total. The molecule has 96 valence electrons. The number of hydrogen-bond donors (Lipinski definition) is 1. The molecule has 1 rings (SSSR count). The van der Waals surface area contributed by atoms with Crippen LogP contribution in [0, 0.1) is 0 Å². The third-order valence-electron chi connectivity index (χ3n) is 3.25. The molecule has 0 amide bonds. The van der Waals surface area contributed by atoms with E-state index >= 15 is 0 Å². The highest BCUT2D eigenvalue weighted by molar-refractivity contribution is 4.74. The predicted molar refractivity (Wildman–Crippen MR) is 68.8 cm³/mol. The maximum absolute atomic E-state index is 5.75. The Bertz CT molecular complexity index is 165. The monoisotopic (exact) mass is 228 g/mol. The normalized spacial score (nSPS) is 22.9. The van der Waals surface area contributed by atoms with E-state index in [4.69, 9.17) is 4.74 Å². The molecule has 1 N–H and O–H groups in total. The summed E-state index contributed by atoms with van der Waals surface area (Å²) < 4.78 is 5.75. The Morgan fingerprint density at radius 2 is 2.00 bits per heavy atom. The van der Waals surface area contributed by atoms with Crippen molar-refractivity contribution >= 4 is 0 Å². The number of likely N-dealkylation sites (N-methyl/N-ethyl adjacent to an activating group) is 1. The molecule has 1 unspecified atom stereocenters. The first kappa shape index (κ1) is 13.9. The largest absolute Gasteiger partial charge is 0.374 e. The predicted octanol–water partition coefficient (Wildman–Crippen LogP) is 1.88. The van der Waals surface area contributed by atoms with E-state index in [1.807, 2.05) is 0 Å². The second-order valence-electron chi connectivity index (χ2n) is 4.94. The van der Waals surface area contributed by atoms with Crippen LogP contribution in [0.3, 0.4) is 0 Å². The Morgan fingerprint density at radius 1 is 1.31 bits per heavy atom. The van der Waals surface area contributed by atoms with Crippen molar-refractivity contribution in [3.63, 3.8) is 0 Å². The summed E-state index contributed by atoms with van der Waals surface area (Å²) >= 11 is 0. The number of morpholine rings is 1. The van der Waals surface area contributed by atoms with Gasteiger partial charge in [0.1, 0.15) is 0 Å². The van der Waals surface area contributed by atoms with Crippen LogP contribution in [0.25, 0.3) is 0 Å². The standard InChI is InChI=1S/C13H28N2O/c1-4-6-12(7-5-2)14-10-13-11-15(3)8-9-16-13/h12-14H,4-11H2,1-3H3. The summed E-state index contributed by atoms with van der Waals surface area (Å²) in [4.78, 5) is 2.35. The Morgan fingerprint density at radius 3 is 2.56 bits per heavy atom. The summed E-state index contributed by atoms with van der Waals surface area (Å²) in [6.45, 7) is 8.55. The molecule has 1 aliphatic rings. The van der Waals surface area contributed by atoms with Crippen molar-refractivity contribution in [2.45, 2.75) is 51.7 Å². The Labute approximate surface area is 101 Å². The number of ether oxygens (including phenoxy) is 1. The van der Waals surface area contributed by atoms with Crippen LogP contribution in [0.4, 0.5) is 0 Å².